The highest BCUT2D eigenvalue weighted by Crippen LogP contribution is 2.26. The zero-order valence-electron chi connectivity index (χ0n) is 18.2. The molecule has 3 aromatic carbocycles. The molecule has 0 radical (unpaired) electrons. The van der Waals surface area contributed by atoms with Crippen LogP contribution < -0.4 is 5.32 Å². The molecule has 0 aromatic heterocycles. The number of carbonyl (C=O) groups is 3. The fourth-order valence-electron chi connectivity index (χ4n) is 2.90. The van der Waals surface area contributed by atoms with Gasteiger partial charge in [0.15, 0.2) is 5.78 Å². The van der Waals surface area contributed by atoms with E-state index in [2.05, 4.69) is 5.32 Å². The van der Waals surface area contributed by atoms with Crippen molar-refractivity contribution in [3.63, 3.8) is 0 Å². The molecular formula is C25H21ClN2O7. The molecule has 3 N–H and O–H groups in total. The largest absolute Gasteiger partial charge is 0.478 e. The summed E-state index contributed by atoms with van der Waals surface area (Å²) in [5.74, 6) is -2.53. The van der Waals surface area contributed by atoms with Gasteiger partial charge in [-0.1, -0.05) is 41.9 Å². The van der Waals surface area contributed by atoms with Gasteiger partial charge in [-0.25, -0.2) is 9.59 Å². The van der Waals surface area contributed by atoms with E-state index in [0.29, 0.717) is 28.4 Å². The van der Waals surface area contributed by atoms with E-state index in [-0.39, 0.29) is 23.9 Å². The highest BCUT2D eigenvalue weighted by molar-refractivity contribution is 6.30. The molecule has 1 unspecified atom stereocenters. The lowest BCUT2D eigenvalue weighted by Gasteiger charge is -2.20. The van der Waals surface area contributed by atoms with Gasteiger partial charge >= 0.3 is 11.9 Å². The van der Waals surface area contributed by atoms with Crippen molar-refractivity contribution in [1.29, 1.82) is 0 Å². The summed E-state index contributed by atoms with van der Waals surface area (Å²) in [5.41, 5.74) is 2.27. The zero-order chi connectivity index (χ0) is 25.8. The lowest BCUT2D eigenvalue weighted by molar-refractivity contribution is -0.384. The monoisotopic (exact) mass is 496 g/mol. The number of carboxylic acid groups (broad SMARTS) is 2. The number of benzene rings is 3. The van der Waals surface area contributed by atoms with E-state index < -0.39 is 16.9 Å². The smallest absolute Gasteiger partial charge is 0.328 e. The van der Waals surface area contributed by atoms with Gasteiger partial charge in [-0.3, -0.25) is 14.9 Å². The number of nitro benzene ring substituents is 1. The number of carboxylic acids is 2. The molecule has 35 heavy (non-hydrogen) atoms. The van der Waals surface area contributed by atoms with E-state index in [1.807, 2.05) is 30.3 Å². The number of non-ortho nitro benzene ring substituents is 1. The summed E-state index contributed by atoms with van der Waals surface area (Å²) < 4.78 is 0. The summed E-state index contributed by atoms with van der Waals surface area (Å²) in [6.07, 6.45) is 1.35. The second-order valence-electron chi connectivity index (χ2n) is 7.06. The van der Waals surface area contributed by atoms with E-state index >= 15 is 0 Å². The summed E-state index contributed by atoms with van der Waals surface area (Å²) in [5, 5.41) is 30.3. The SMILES string of the molecule is O=C(CC(Nc1ccc([N+](=O)[O-])cc1)c1ccccc1)c1ccc(Cl)cc1.O=C(O)/C=C/C(=O)O. The van der Waals surface area contributed by atoms with Gasteiger partial charge < -0.3 is 15.5 Å². The van der Waals surface area contributed by atoms with Crippen LogP contribution in [0.3, 0.4) is 0 Å². The third-order valence-corrected chi connectivity index (χ3v) is 4.80. The maximum Gasteiger partial charge on any atom is 0.328 e. The number of nitro groups is 1. The van der Waals surface area contributed by atoms with Crippen LogP contribution in [0.4, 0.5) is 11.4 Å². The van der Waals surface area contributed by atoms with Crippen LogP contribution in [0, 0.1) is 10.1 Å². The average Bonchev–Trinajstić information content (AvgIpc) is 2.84. The standard InChI is InChI=1S/C21H17ClN2O3.C4H4O4/c22-17-8-6-16(7-9-17)21(25)14-20(15-4-2-1-3-5-15)23-18-10-12-19(13-11-18)24(26)27;5-3(6)1-2-4(7)8/h1-13,20,23H,14H2;1-2H,(H,5,6)(H,7,8)/b;2-1+. The van der Waals surface area contributed by atoms with Gasteiger partial charge in [-0.2, -0.15) is 0 Å². The Bertz CT molecular complexity index is 1180. The number of aliphatic carboxylic acids is 2. The number of carbonyl (C=O) groups excluding carboxylic acids is 1. The fraction of sp³-hybridized carbons (Fsp3) is 0.0800. The molecule has 0 saturated heterocycles. The number of nitrogens with one attached hydrogen (secondary N) is 1. The lowest BCUT2D eigenvalue weighted by atomic mass is 9.97. The molecule has 0 aliphatic rings. The first-order chi connectivity index (χ1) is 16.7. The number of rotatable bonds is 9. The van der Waals surface area contributed by atoms with Crippen LogP contribution in [0.1, 0.15) is 28.4 Å². The van der Waals surface area contributed by atoms with Gasteiger partial charge in [-0.05, 0) is 42.0 Å². The van der Waals surface area contributed by atoms with Crippen molar-refractivity contribution in [2.24, 2.45) is 0 Å². The maximum atomic E-state index is 12.7. The maximum absolute atomic E-state index is 12.7. The third-order valence-electron chi connectivity index (χ3n) is 4.55. The molecule has 0 amide bonds. The second kappa shape index (κ2) is 13.3. The molecule has 0 aliphatic carbocycles. The topological polar surface area (TPSA) is 147 Å². The molecule has 0 fully saturated rings. The van der Waals surface area contributed by atoms with Crippen molar-refractivity contribution in [3.05, 3.63) is 117 Å². The Morgan fingerprint density at radius 2 is 1.43 bits per heavy atom. The van der Waals surface area contributed by atoms with Gasteiger partial charge in [0.1, 0.15) is 0 Å². The van der Waals surface area contributed by atoms with E-state index in [4.69, 9.17) is 21.8 Å². The number of nitrogens with zero attached hydrogens (tertiary/aromatic N) is 1. The Morgan fingerprint density at radius 1 is 0.886 bits per heavy atom. The molecule has 0 heterocycles. The van der Waals surface area contributed by atoms with Crippen LogP contribution in [0.2, 0.25) is 5.02 Å². The molecule has 0 aliphatic heterocycles. The van der Waals surface area contributed by atoms with Crippen LogP contribution in [-0.4, -0.2) is 32.9 Å². The minimum Gasteiger partial charge on any atom is -0.478 e. The molecule has 9 nitrogen and oxygen atoms in total. The van der Waals surface area contributed by atoms with Crippen LogP contribution in [0.15, 0.2) is 91.0 Å². The Morgan fingerprint density at radius 3 is 1.91 bits per heavy atom. The van der Waals surface area contributed by atoms with Crippen molar-refractivity contribution < 1.29 is 29.5 Å². The number of ketones is 1. The van der Waals surface area contributed by atoms with Crippen LogP contribution in [-0.2, 0) is 9.59 Å². The number of halogens is 1. The first kappa shape index (κ1) is 26.7. The third kappa shape index (κ3) is 9.48. The highest BCUT2D eigenvalue weighted by atomic mass is 35.5. The molecule has 0 spiro atoms. The van der Waals surface area contributed by atoms with Crippen molar-refractivity contribution >= 4 is 40.7 Å². The lowest BCUT2D eigenvalue weighted by Crippen LogP contribution is -2.15. The molecule has 3 aromatic rings. The van der Waals surface area contributed by atoms with Crippen LogP contribution in [0.5, 0.6) is 0 Å². The first-order valence-electron chi connectivity index (χ1n) is 10.1. The minimum atomic E-state index is -1.26. The van der Waals surface area contributed by atoms with Crippen molar-refractivity contribution in [2.45, 2.75) is 12.5 Å². The van der Waals surface area contributed by atoms with Gasteiger partial charge in [0.05, 0.1) is 11.0 Å². The van der Waals surface area contributed by atoms with Crippen LogP contribution in [0.25, 0.3) is 0 Å². The quantitative estimate of drug-likeness (QED) is 0.155. The van der Waals surface area contributed by atoms with E-state index in [1.165, 1.54) is 12.1 Å². The first-order valence-corrected chi connectivity index (χ1v) is 10.5. The fourth-order valence-corrected chi connectivity index (χ4v) is 3.03. The Labute approximate surface area is 205 Å². The van der Waals surface area contributed by atoms with Gasteiger partial charge in [0, 0.05) is 47.0 Å². The van der Waals surface area contributed by atoms with E-state index in [0.717, 1.165) is 5.56 Å². The Kier molecular flexibility index (Phi) is 10.1. The highest BCUT2D eigenvalue weighted by Gasteiger charge is 2.18. The average molecular weight is 497 g/mol. The molecule has 180 valence electrons. The summed E-state index contributed by atoms with van der Waals surface area (Å²) in [6.45, 7) is 0. The molecule has 10 heteroatoms. The number of Topliss-reactive ketones (excluding diaryl/α,β-unsaturated/α-hetero) is 1. The van der Waals surface area contributed by atoms with Crippen molar-refractivity contribution in [3.8, 4) is 0 Å². The zero-order valence-corrected chi connectivity index (χ0v) is 19.0. The molecule has 3 rings (SSSR count). The van der Waals surface area contributed by atoms with E-state index in [1.54, 1.807) is 36.4 Å². The van der Waals surface area contributed by atoms with Crippen molar-refractivity contribution in [2.75, 3.05) is 5.32 Å². The van der Waals surface area contributed by atoms with E-state index in [9.17, 15) is 24.5 Å². The Hall–Kier alpha value is -4.50. The predicted octanol–water partition coefficient (Wildman–Crippen LogP) is 5.39. The molecular weight excluding hydrogens is 476 g/mol. The van der Waals surface area contributed by atoms with Crippen molar-refractivity contribution in [1.82, 2.24) is 0 Å². The minimum absolute atomic E-state index is 0.0186. The number of hydrogen-bond acceptors (Lipinski definition) is 6. The second-order valence-corrected chi connectivity index (χ2v) is 7.49. The van der Waals surface area contributed by atoms with Gasteiger partial charge in [0.25, 0.3) is 5.69 Å². The summed E-state index contributed by atoms with van der Waals surface area (Å²) in [7, 11) is 0. The Balaban J connectivity index is 0.000000466. The molecule has 0 saturated carbocycles. The predicted molar refractivity (Wildman–Crippen MR) is 131 cm³/mol. The van der Waals surface area contributed by atoms with Crippen LogP contribution >= 0.6 is 11.6 Å². The number of anilines is 1. The van der Waals surface area contributed by atoms with Gasteiger partial charge in [-0.15, -0.1) is 0 Å². The van der Waals surface area contributed by atoms with Gasteiger partial charge in [0.2, 0.25) is 0 Å². The summed E-state index contributed by atoms with van der Waals surface area (Å²) in [6, 6.07) is 22.3. The number of hydrogen-bond donors (Lipinski definition) is 3. The molecule has 0 bridgehead atoms. The summed E-state index contributed by atoms with van der Waals surface area (Å²) in [4.78, 5) is 42.2. The normalized spacial score (nSPS) is 11.1. The summed E-state index contributed by atoms with van der Waals surface area (Å²) >= 11 is 5.89. The molecule has 1 atom stereocenters.